The van der Waals surface area contributed by atoms with Crippen LogP contribution < -0.4 is 5.32 Å². The predicted octanol–water partition coefficient (Wildman–Crippen LogP) is 4.49. The lowest BCUT2D eigenvalue weighted by molar-refractivity contribution is -0.138. The fourth-order valence-corrected chi connectivity index (χ4v) is 3.21. The number of nitrogens with zero attached hydrogens (tertiary/aromatic N) is 3. The second-order valence-electron chi connectivity index (χ2n) is 5.49. The number of carbonyl (C=O) groups excluding carboxylic acids is 1. The first-order valence-corrected chi connectivity index (χ1v) is 8.31. The van der Waals surface area contributed by atoms with E-state index in [1.807, 2.05) is 0 Å². The highest BCUT2D eigenvalue weighted by atomic mass is 32.1. The van der Waals surface area contributed by atoms with Gasteiger partial charge in [0.25, 0.3) is 5.91 Å². The molecule has 0 spiro atoms. The van der Waals surface area contributed by atoms with Crippen molar-refractivity contribution >= 4 is 22.9 Å². The molecule has 0 radical (unpaired) electrons. The number of hydrogen-bond donors (Lipinski definition) is 1. The highest BCUT2D eigenvalue weighted by molar-refractivity contribution is 7.17. The van der Waals surface area contributed by atoms with Crippen LogP contribution in [0.3, 0.4) is 0 Å². The van der Waals surface area contributed by atoms with E-state index in [9.17, 15) is 18.0 Å². The number of rotatable bonds is 3. The van der Waals surface area contributed by atoms with Crippen LogP contribution in [0.25, 0.3) is 10.8 Å². The van der Waals surface area contributed by atoms with Gasteiger partial charge in [-0.2, -0.15) is 13.2 Å². The zero-order chi connectivity index (χ0) is 18.9. The molecule has 0 unspecified atom stereocenters. The van der Waals surface area contributed by atoms with Crippen LogP contribution in [0, 0.1) is 13.8 Å². The Labute approximate surface area is 151 Å². The number of thiazole rings is 1. The van der Waals surface area contributed by atoms with Crippen molar-refractivity contribution in [2.24, 2.45) is 0 Å². The molecule has 3 rings (SSSR count). The minimum Gasteiger partial charge on any atom is -0.321 e. The molecular formula is C17H13F3N4OS. The Hall–Kier alpha value is -2.81. The summed E-state index contributed by atoms with van der Waals surface area (Å²) in [5.74, 6) is -0.145. The third kappa shape index (κ3) is 3.72. The normalized spacial score (nSPS) is 11.4. The Morgan fingerprint density at radius 2 is 1.85 bits per heavy atom. The molecule has 1 aromatic carbocycles. The van der Waals surface area contributed by atoms with Gasteiger partial charge in [-0.1, -0.05) is 6.07 Å². The molecule has 1 amide bonds. The van der Waals surface area contributed by atoms with Crippen LogP contribution in [0.4, 0.5) is 18.9 Å². The molecule has 3 aromatic rings. The van der Waals surface area contributed by atoms with Crippen molar-refractivity contribution in [3.8, 4) is 10.8 Å². The van der Waals surface area contributed by atoms with E-state index < -0.39 is 17.6 Å². The van der Waals surface area contributed by atoms with Crippen molar-refractivity contribution in [2.45, 2.75) is 20.0 Å². The van der Waals surface area contributed by atoms with E-state index in [2.05, 4.69) is 20.3 Å². The number of hydrogen-bond acceptors (Lipinski definition) is 5. The molecule has 1 N–H and O–H groups in total. The van der Waals surface area contributed by atoms with Crippen molar-refractivity contribution < 1.29 is 18.0 Å². The van der Waals surface area contributed by atoms with Gasteiger partial charge in [-0.15, -0.1) is 11.3 Å². The number of benzene rings is 1. The van der Waals surface area contributed by atoms with Crippen LogP contribution in [0.5, 0.6) is 0 Å². The summed E-state index contributed by atoms with van der Waals surface area (Å²) < 4.78 is 39.0. The van der Waals surface area contributed by atoms with Gasteiger partial charge in [0.05, 0.1) is 11.3 Å². The lowest BCUT2D eigenvalue weighted by Crippen LogP contribution is -2.13. The molecule has 0 aliphatic heterocycles. The summed E-state index contributed by atoms with van der Waals surface area (Å²) in [6.07, 6.45) is -1.36. The zero-order valence-electron chi connectivity index (χ0n) is 13.8. The number of halogens is 3. The second kappa shape index (κ2) is 6.83. The number of aromatic nitrogens is 3. The summed E-state index contributed by atoms with van der Waals surface area (Å²) in [5, 5.41) is 2.96. The number of aryl methyl sites for hydroxylation is 2. The minimum absolute atomic E-state index is 0.0678. The first-order valence-electron chi connectivity index (χ1n) is 7.49. The van der Waals surface area contributed by atoms with Crippen molar-refractivity contribution in [1.29, 1.82) is 0 Å². The molecular weight excluding hydrogens is 365 g/mol. The lowest BCUT2D eigenvalue weighted by Gasteiger charge is -2.12. The minimum atomic E-state index is -4.48. The summed E-state index contributed by atoms with van der Waals surface area (Å²) in [5.41, 5.74) is -0.168. The van der Waals surface area contributed by atoms with Gasteiger partial charge in [-0.05, 0) is 37.6 Å². The van der Waals surface area contributed by atoms with Crippen molar-refractivity contribution in [3.05, 3.63) is 58.4 Å². The van der Waals surface area contributed by atoms with Gasteiger partial charge < -0.3 is 5.32 Å². The topological polar surface area (TPSA) is 67.8 Å². The van der Waals surface area contributed by atoms with Crippen LogP contribution in [0.15, 0.2) is 36.7 Å². The summed E-state index contributed by atoms with van der Waals surface area (Å²) in [7, 11) is 0. The van der Waals surface area contributed by atoms with Crippen molar-refractivity contribution in [1.82, 2.24) is 15.0 Å². The molecule has 0 saturated heterocycles. The van der Waals surface area contributed by atoms with Gasteiger partial charge in [0.2, 0.25) is 0 Å². The molecule has 0 bridgehead atoms. The van der Waals surface area contributed by atoms with E-state index in [4.69, 9.17) is 0 Å². The molecule has 134 valence electrons. The Balaban J connectivity index is 1.86. The molecule has 0 fully saturated rings. The van der Waals surface area contributed by atoms with Gasteiger partial charge in [0.15, 0.2) is 10.8 Å². The summed E-state index contributed by atoms with van der Waals surface area (Å²) in [6.45, 7) is 3.02. The number of nitrogens with one attached hydrogen (secondary N) is 1. The smallest absolute Gasteiger partial charge is 0.321 e. The van der Waals surface area contributed by atoms with Gasteiger partial charge in [-0.3, -0.25) is 4.79 Å². The van der Waals surface area contributed by atoms with Gasteiger partial charge in [0, 0.05) is 18.1 Å². The number of carbonyl (C=O) groups is 1. The van der Waals surface area contributed by atoms with Crippen LogP contribution in [0.1, 0.15) is 26.5 Å². The number of anilines is 1. The summed E-state index contributed by atoms with van der Waals surface area (Å²) >= 11 is 1.08. The standard InChI is InChI=1S/C17H13F3N4OS/c1-9-4-5-11(8-12(9)17(18,19)20)24-15(25)13-10(2)23-16(26-13)14-21-6-3-7-22-14/h3-8H,1-2H3,(H,24,25). The van der Waals surface area contributed by atoms with E-state index in [1.165, 1.54) is 19.1 Å². The fraction of sp³-hybridized carbons (Fsp3) is 0.176. The third-order valence-corrected chi connectivity index (χ3v) is 4.71. The van der Waals surface area contributed by atoms with Crippen LogP contribution in [-0.4, -0.2) is 20.9 Å². The van der Waals surface area contributed by atoms with Crippen LogP contribution in [-0.2, 0) is 6.18 Å². The largest absolute Gasteiger partial charge is 0.416 e. The molecule has 0 aliphatic carbocycles. The maximum Gasteiger partial charge on any atom is 0.416 e. The maximum absolute atomic E-state index is 13.0. The Kier molecular flexibility index (Phi) is 4.73. The zero-order valence-corrected chi connectivity index (χ0v) is 14.6. The third-order valence-electron chi connectivity index (χ3n) is 3.56. The van der Waals surface area contributed by atoms with E-state index in [-0.39, 0.29) is 11.3 Å². The van der Waals surface area contributed by atoms with Crippen LogP contribution >= 0.6 is 11.3 Å². The van der Waals surface area contributed by atoms with Crippen molar-refractivity contribution in [3.63, 3.8) is 0 Å². The summed E-state index contributed by atoms with van der Waals surface area (Å²) in [6, 6.07) is 5.33. The SMILES string of the molecule is Cc1ccc(NC(=O)c2sc(-c3ncccn3)nc2C)cc1C(F)(F)F. The fourth-order valence-electron chi connectivity index (χ4n) is 2.31. The highest BCUT2D eigenvalue weighted by Gasteiger charge is 2.32. The first kappa shape index (κ1) is 18.0. The molecule has 5 nitrogen and oxygen atoms in total. The Morgan fingerprint density at radius 3 is 2.50 bits per heavy atom. The number of amides is 1. The average Bonchev–Trinajstić information content (AvgIpc) is 2.98. The Bertz CT molecular complexity index is 954. The molecule has 0 aliphatic rings. The second-order valence-corrected chi connectivity index (χ2v) is 6.49. The predicted molar refractivity (Wildman–Crippen MR) is 92.0 cm³/mol. The Morgan fingerprint density at radius 1 is 1.15 bits per heavy atom. The van der Waals surface area contributed by atoms with E-state index in [0.29, 0.717) is 21.4 Å². The quantitative estimate of drug-likeness (QED) is 0.729. The highest BCUT2D eigenvalue weighted by Crippen LogP contribution is 2.34. The average molecular weight is 378 g/mol. The number of alkyl halides is 3. The van der Waals surface area contributed by atoms with Gasteiger partial charge in [-0.25, -0.2) is 15.0 Å². The maximum atomic E-state index is 13.0. The monoisotopic (exact) mass is 378 g/mol. The molecule has 2 heterocycles. The van der Waals surface area contributed by atoms with E-state index >= 15 is 0 Å². The molecule has 9 heteroatoms. The molecule has 2 aromatic heterocycles. The molecule has 0 atom stereocenters. The summed E-state index contributed by atoms with van der Waals surface area (Å²) in [4.78, 5) is 25.2. The lowest BCUT2D eigenvalue weighted by atomic mass is 10.1. The van der Waals surface area contributed by atoms with Gasteiger partial charge in [0.1, 0.15) is 4.88 Å². The van der Waals surface area contributed by atoms with Gasteiger partial charge >= 0.3 is 6.18 Å². The van der Waals surface area contributed by atoms with Crippen LogP contribution in [0.2, 0.25) is 0 Å². The molecule has 0 saturated carbocycles. The van der Waals surface area contributed by atoms with E-state index in [1.54, 1.807) is 25.4 Å². The van der Waals surface area contributed by atoms with Crippen molar-refractivity contribution in [2.75, 3.05) is 5.32 Å². The molecule has 26 heavy (non-hydrogen) atoms. The van der Waals surface area contributed by atoms with E-state index in [0.717, 1.165) is 17.4 Å². The first-order chi connectivity index (χ1) is 12.3.